The molecule has 2 aromatic rings. The van der Waals surface area contributed by atoms with E-state index in [4.69, 9.17) is 9.26 Å². The number of aryl methyl sites for hydroxylation is 1. The summed E-state index contributed by atoms with van der Waals surface area (Å²) in [5, 5.41) is 3.71. The number of hydrogen-bond acceptors (Lipinski definition) is 5. The molecule has 2 heterocycles. The van der Waals surface area contributed by atoms with E-state index in [0.717, 1.165) is 4.90 Å². The molecule has 1 saturated heterocycles. The first kappa shape index (κ1) is 16.4. The minimum atomic E-state index is -2.99. The quantitative estimate of drug-likeness (QED) is 0.839. The Bertz CT molecular complexity index is 706. The van der Waals surface area contributed by atoms with Gasteiger partial charge in [-0.1, -0.05) is 30.3 Å². The highest BCUT2D eigenvalue weighted by Crippen LogP contribution is 2.40. The molecule has 1 fully saturated rings. The molecule has 1 amide bonds. The predicted molar refractivity (Wildman–Crippen MR) is 79.6 cm³/mol. The maximum atomic E-state index is 13.8. The normalized spacial score (nSPS) is 19.5. The van der Waals surface area contributed by atoms with E-state index in [0.29, 0.717) is 18.0 Å². The standard InChI is InChI=1S/C16H17F2N3O3/c1-2-13-19-15(24-20-13)12-8-16(17,18)10-21(12)14(22)9-23-11-6-4-3-5-7-11/h3-7,12H,2,8-10H2,1H3/t12-/m0/s1. The lowest BCUT2D eigenvalue weighted by molar-refractivity contribution is -0.135. The Morgan fingerprint density at radius 1 is 1.42 bits per heavy atom. The predicted octanol–water partition coefficient (Wildman–Crippen LogP) is 2.62. The van der Waals surface area contributed by atoms with Crippen molar-refractivity contribution < 1.29 is 22.8 Å². The zero-order valence-corrected chi connectivity index (χ0v) is 13.1. The summed E-state index contributed by atoms with van der Waals surface area (Å²) in [5.74, 6) is -2.57. The molecular formula is C16H17F2N3O3. The van der Waals surface area contributed by atoms with E-state index in [9.17, 15) is 13.6 Å². The first-order valence-electron chi connectivity index (χ1n) is 7.66. The van der Waals surface area contributed by atoms with Gasteiger partial charge in [0.25, 0.3) is 11.8 Å². The average molecular weight is 337 g/mol. The van der Waals surface area contributed by atoms with Crippen molar-refractivity contribution in [2.45, 2.75) is 31.7 Å². The third-order valence-electron chi connectivity index (χ3n) is 3.78. The zero-order valence-electron chi connectivity index (χ0n) is 13.1. The molecule has 0 radical (unpaired) electrons. The number of rotatable bonds is 5. The van der Waals surface area contributed by atoms with Crippen molar-refractivity contribution in [3.05, 3.63) is 42.0 Å². The first-order valence-corrected chi connectivity index (χ1v) is 7.66. The lowest BCUT2D eigenvalue weighted by Crippen LogP contribution is -2.36. The first-order chi connectivity index (χ1) is 11.5. The van der Waals surface area contributed by atoms with Gasteiger partial charge in [0, 0.05) is 12.8 Å². The summed E-state index contributed by atoms with van der Waals surface area (Å²) in [6, 6.07) is 7.78. The molecule has 0 bridgehead atoms. The maximum absolute atomic E-state index is 13.8. The smallest absolute Gasteiger partial charge is 0.267 e. The maximum Gasteiger partial charge on any atom is 0.267 e. The van der Waals surface area contributed by atoms with Crippen LogP contribution in [0.1, 0.15) is 31.1 Å². The van der Waals surface area contributed by atoms with E-state index in [-0.39, 0.29) is 12.5 Å². The number of benzene rings is 1. The summed E-state index contributed by atoms with van der Waals surface area (Å²) in [5.41, 5.74) is 0. The van der Waals surface area contributed by atoms with Gasteiger partial charge < -0.3 is 14.2 Å². The Morgan fingerprint density at radius 3 is 2.83 bits per heavy atom. The molecule has 6 nitrogen and oxygen atoms in total. The van der Waals surface area contributed by atoms with E-state index in [1.54, 1.807) is 24.3 Å². The molecule has 1 atom stereocenters. The van der Waals surface area contributed by atoms with E-state index in [1.165, 1.54) is 0 Å². The number of halogens is 2. The molecular weight excluding hydrogens is 320 g/mol. The van der Waals surface area contributed by atoms with Gasteiger partial charge in [0.05, 0.1) is 6.54 Å². The van der Waals surface area contributed by atoms with E-state index in [1.807, 2.05) is 13.0 Å². The van der Waals surface area contributed by atoms with Gasteiger partial charge in [-0.25, -0.2) is 8.78 Å². The Morgan fingerprint density at radius 2 is 2.17 bits per heavy atom. The summed E-state index contributed by atoms with van der Waals surface area (Å²) in [4.78, 5) is 17.5. The number of hydrogen-bond donors (Lipinski definition) is 0. The van der Waals surface area contributed by atoms with Gasteiger partial charge in [-0.15, -0.1) is 0 Å². The molecule has 0 saturated carbocycles. The molecule has 3 rings (SSSR count). The topological polar surface area (TPSA) is 68.5 Å². The minimum Gasteiger partial charge on any atom is -0.484 e. The number of alkyl halides is 2. The molecule has 1 aromatic carbocycles. The van der Waals surface area contributed by atoms with Gasteiger partial charge in [0.1, 0.15) is 11.8 Å². The fourth-order valence-electron chi connectivity index (χ4n) is 2.59. The number of para-hydroxylation sites is 1. The molecule has 1 aromatic heterocycles. The van der Waals surface area contributed by atoms with Crippen LogP contribution < -0.4 is 4.74 Å². The molecule has 0 spiro atoms. The van der Waals surface area contributed by atoms with Crippen molar-refractivity contribution in [3.63, 3.8) is 0 Å². The van der Waals surface area contributed by atoms with Crippen LogP contribution in [0, 0.1) is 0 Å². The van der Waals surface area contributed by atoms with Gasteiger partial charge in [0.15, 0.2) is 12.4 Å². The molecule has 0 N–H and O–H groups in total. The van der Waals surface area contributed by atoms with Crippen LogP contribution in [0.2, 0.25) is 0 Å². The molecule has 24 heavy (non-hydrogen) atoms. The molecule has 8 heteroatoms. The van der Waals surface area contributed by atoms with Crippen LogP contribution in [0.5, 0.6) is 5.75 Å². The van der Waals surface area contributed by atoms with Crippen LogP contribution in [0.4, 0.5) is 8.78 Å². The summed E-state index contributed by atoms with van der Waals surface area (Å²) in [7, 11) is 0. The monoisotopic (exact) mass is 337 g/mol. The third kappa shape index (κ3) is 3.52. The summed E-state index contributed by atoms with van der Waals surface area (Å²) in [6.07, 6.45) is -0.00684. The third-order valence-corrected chi connectivity index (χ3v) is 3.78. The van der Waals surface area contributed by atoms with Crippen LogP contribution in [-0.4, -0.2) is 40.0 Å². The number of amides is 1. The van der Waals surface area contributed by atoms with Crippen molar-refractivity contribution in [1.82, 2.24) is 15.0 Å². The van der Waals surface area contributed by atoms with E-state index < -0.39 is 30.8 Å². The van der Waals surface area contributed by atoms with Gasteiger partial charge in [-0.3, -0.25) is 4.79 Å². The van der Waals surface area contributed by atoms with E-state index >= 15 is 0 Å². The van der Waals surface area contributed by atoms with Crippen molar-refractivity contribution in [3.8, 4) is 5.75 Å². The Balaban J connectivity index is 1.72. The van der Waals surface area contributed by atoms with Crippen LogP contribution >= 0.6 is 0 Å². The zero-order chi connectivity index (χ0) is 17.2. The average Bonchev–Trinajstić information content (AvgIpc) is 3.17. The molecule has 128 valence electrons. The fourth-order valence-corrected chi connectivity index (χ4v) is 2.59. The minimum absolute atomic E-state index is 0.0390. The summed E-state index contributed by atoms with van der Waals surface area (Å²) in [6.45, 7) is 0.818. The van der Waals surface area contributed by atoms with E-state index in [2.05, 4.69) is 10.1 Å². The fraction of sp³-hybridized carbons (Fsp3) is 0.438. The number of ether oxygens (including phenoxy) is 1. The van der Waals surface area contributed by atoms with Crippen molar-refractivity contribution >= 4 is 5.91 Å². The second kappa shape index (κ2) is 6.54. The van der Waals surface area contributed by atoms with Crippen LogP contribution in [0.15, 0.2) is 34.9 Å². The summed E-state index contributed by atoms with van der Waals surface area (Å²) < 4.78 is 38.0. The Labute approximate surface area is 137 Å². The highest BCUT2D eigenvalue weighted by atomic mass is 19.3. The largest absolute Gasteiger partial charge is 0.484 e. The SMILES string of the molecule is CCc1noc([C@@H]2CC(F)(F)CN2C(=O)COc2ccccc2)n1. The second-order valence-electron chi connectivity index (χ2n) is 5.60. The van der Waals surface area contributed by atoms with Crippen molar-refractivity contribution in [2.24, 2.45) is 0 Å². The number of nitrogens with zero attached hydrogens (tertiary/aromatic N) is 3. The lowest BCUT2D eigenvalue weighted by Gasteiger charge is -2.21. The lowest BCUT2D eigenvalue weighted by atomic mass is 10.2. The number of carbonyl (C=O) groups is 1. The number of aromatic nitrogens is 2. The van der Waals surface area contributed by atoms with Gasteiger partial charge in [-0.2, -0.15) is 4.98 Å². The van der Waals surface area contributed by atoms with Crippen LogP contribution in [0.3, 0.4) is 0 Å². The van der Waals surface area contributed by atoms with Crippen molar-refractivity contribution in [2.75, 3.05) is 13.2 Å². The number of likely N-dealkylation sites (tertiary alicyclic amines) is 1. The van der Waals surface area contributed by atoms with Gasteiger partial charge >= 0.3 is 0 Å². The Hall–Kier alpha value is -2.51. The van der Waals surface area contributed by atoms with Crippen molar-refractivity contribution in [1.29, 1.82) is 0 Å². The Kier molecular flexibility index (Phi) is 4.46. The molecule has 1 aliphatic rings. The number of carbonyl (C=O) groups excluding carboxylic acids is 1. The molecule has 1 aliphatic heterocycles. The van der Waals surface area contributed by atoms with Crippen LogP contribution in [0.25, 0.3) is 0 Å². The molecule has 0 unspecified atom stereocenters. The van der Waals surface area contributed by atoms with Gasteiger partial charge in [0.2, 0.25) is 5.89 Å². The van der Waals surface area contributed by atoms with Gasteiger partial charge in [-0.05, 0) is 12.1 Å². The summed E-state index contributed by atoms with van der Waals surface area (Å²) >= 11 is 0. The second-order valence-corrected chi connectivity index (χ2v) is 5.60. The molecule has 0 aliphatic carbocycles. The highest BCUT2D eigenvalue weighted by molar-refractivity contribution is 5.78. The highest BCUT2D eigenvalue weighted by Gasteiger charge is 2.49. The van der Waals surface area contributed by atoms with Crippen LogP contribution in [-0.2, 0) is 11.2 Å².